The van der Waals surface area contributed by atoms with Gasteiger partial charge in [0.2, 0.25) is 0 Å². The molecule has 0 fully saturated rings. The molecule has 0 aromatic carbocycles. The fourth-order valence-corrected chi connectivity index (χ4v) is 21.3. The van der Waals surface area contributed by atoms with Gasteiger partial charge in [-0.25, -0.2) is 0 Å². The van der Waals surface area contributed by atoms with E-state index >= 15 is 0 Å². The van der Waals surface area contributed by atoms with Gasteiger partial charge < -0.3 is 69.6 Å². The molecule has 0 aromatic rings. The van der Waals surface area contributed by atoms with Crippen molar-refractivity contribution in [2.75, 3.05) is 79.3 Å². The Kier molecular flexibility index (Phi) is 35.2. The van der Waals surface area contributed by atoms with Gasteiger partial charge in [-0.05, 0) is 77.0 Å². The molecule has 0 unspecified atom stereocenters. The first-order valence-electron chi connectivity index (χ1n) is 22.0. The van der Waals surface area contributed by atoms with E-state index in [1.807, 2.05) is 83.1 Å². The predicted molar refractivity (Wildman–Crippen MR) is 228 cm³/mol. The highest BCUT2D eigenvalue weighted by atomic mass is 28.5. The lowest BCUT2D eigenvalue weighted by molar-refractivity contribution is -0.0946. The van der Waals surface area contributed by atoms with Gasteiger partial charge in [-0.15, -0.1) is 0 Å². The van der Waals surface area contributed by atoms with Crippen molar-refractivity contribution >= 4 is 45.2 Å². The Morgan fingerprint density at radius 2 is 0.281 bits per heavy atom. The highest BCUT2D eigenvalue weighted by Crippen LogP contribution is 2.33. The molecule has 0 aliphatic carbocycles. The standard InChI is InChI=1S/C36H84O16Si5/c1-13-25-37-53(38-26-14-2,39-27-15-3)49-55(43-31-19-7,44-32-20-8)51-57(47-35-23-11,48-36-24-12)52-56(45-33-21-9,46-34-22-10)50-54(40-28-16-4,41-29-17-5)42-30-18-6/h13-36H2,1-12H3. The summed E-state index contributed by atoms with van der Waals surface area (Å²) in [5.74, 6) is 0. The fraction of sp³-hybridized carbons (Fsp3) is 1.00. The van der Waals surface area contributed by atoms with Crippen LogP contribution in [0, 0.1) is 0 Å². The number of rotatable bonds is 44. The van der Waals surface area contributed by atoms with Gasteiger partial charge in [0.1, 0.15) is 0 Å². The third-order valence-corrected chi connectivity index (χ3v) is 21.5. The molecule has 0 amide bonds. The molecule has 0 atom stereocenters. The largest absolute Gasteiger partial charge is 0.673 e. The Bertz CT molecular complexity index is 789. The maximum Gasteiger partial charge on any atom is 0.673 e. The maximum atomic E-state index is 7.13. The van der Waals surface area contributed by atoms with Crippen molar-refractivity contribution in [1.29, 1.82) is 0 Å². The van der Waals surface area contributed by atoms with Crippen molar-refractivity contribution in [3.8, 4) is 0 Å². The van der Waals surface area contributed by atoms with E-state index in [0.717, 1.165) is 0 Å². The minimum absolute atomic E-state index is 0.176. The molecule has 0 spiro atoms. The third kappa shape index (κ3) is 23.5. The molecule has 0 heterocycles. The molecule has 0 aliphatic heterocycles. The topological polar surface area (TPSA) is 148 Å². The third-order valence-electron chi connectivity index (χ3n) is 6.80. The van der Waals surface area contributed by atoms with Crippen LogP contribution in [0.3, 0.4) is 0 Å². The van der Waals surface area contributed by atoms with E-state index in [-0.39, 0.29) is 39.6 Å². The van der Waals surface area contributed by atoms with Gasteiger partial charge in [-0.1, -0.05) is 83.1 Å². The van der Waals surface area contributed by atoms with Crippen molar-refractivity contribution in [2.24, 2.45) is 0 Å². The molecular weight excluding hydrogens is 829 g/mol. The van der Waals surface area contributed by atoms with Gasteiger partial charge in [0.25, 0.3) is 0 Å². The molecule has 0 aliphatic rings. The summed E-state index contributed by atoms with van der Waals surface area (Å²) in [7, 11) is -21.7. The zero-order valence-electron chi connectivity index (χ0n) is 38.0. The van der Waals surface area contributed by atoms with Crippen molar-refractivity contribution in [2.45, 2.75) is 160 Å². The predicted octanol–water partition coefficient (Wildman–Crippen LogP) is 8.35. The first-order chi connectivity index (χ1) is 27.6. The van der Waals surface area contributed by atoms with Crippen molar-refractivity contribution in [3.63, 3.8) is 0 Å². The quantitative estimate of drug-likeness (QED) is 0.0539. The molecule has 344 valence electrons. The van der Waals surface area contributed by atoms with Gasteiger partial charge in [0.15, 0.2) is 0 Å². The molecule has 21 heteroatoms. The van der Waals surface area contributed by atoms with Crippen LogP contribution in [0.15, 0.2) is 0 Å². The molecule has 16 nitrogen and oxygen atoms in total. The SMILES string of the molecule is CCCO[Si](OCCC)(OCCC)O[Si](OCCC)(OCCC)O[Si](OCCC)(OCCC)O[Si](OCCC)(OCCC)O[Si](OCCC)(OCCC)OCCC. The highest BCUT2D eigenvalue weighted by Gasteiger charge is 2.71. The van der Waals surface area contributed by atoms with Gasteiger partial charge in [-0.3, -0.25) is 0 Å². The van der Waals surface area contributed by atoms with E-state index in [2.05, 4.69) is 0 Å². The highest BCUT2D eigenvalue weighted by molar-refractivity contribution is 6.79. The average Bonchev–Trinajstić information content (AvgIpc) is 3.22. The van der Waals surface area contributed by atoms with Crippen LogP contribution in [0.25, 0.3) is 0 Å². The maximum absolute atomic E-state index is 7.13. The first-order valence-corrected chi connectivity index (χ1v) is 30.2. The van der Waals surface area contributed by atoms with Gasteiger partial charge in [0, 0.05) is 79.3 Å². The molecule has 0 radical (unpaired) electrons. The van der Waals surface area contributed by atoms with Crippen LogP contribution >= 0.6 is 0 Å². The zero-order valence-corrected chi connectivity index (χ0v) is 43.0. The van der Waals surface area contributed by atoms with E-state index in [4.69, 9.17) is 69.6 Å². The Balaban J connectivity index is 8.17. The lowest BCUT2D eigenvalue weighted by Crippen LogP contribution is -2.72. The van der Waals surface area contributed by atoms with Gasteiger partial charge >= 0.3 is 45.2 Å². The van der Waals surface area contributed by atoms with Crippen LogP contribution in [0.5, 0.6) is 0 Å². The van der Waals surface area contributed by atoms with Crippen molar-refractivity contribution < 1.29 is 69.6 Å². The molecule has 0 saturated heterocycles. The summed E-state index contributed by atoms with van der Waals surface area (Å²) < 4.78 is 106. The summed E-state index contributed by atoms with van der Waals surface area (Å²) in [5, 5.41) is 0. The Morgan fingerprint density at radius 1 is 0.175 bits per heavy atom. The summed E-state index contributed by atoms with van der Waals surface area (Å²) >= 11 is 0. The summed E-state index contributed by atoms with van der Waals surface area (Å²) in [6.07, 6.45) is 7.75. The Labute approximate surface area is 353 Å². The fourth-order valence-electron chi connectivity index (χ4n) is 4.30. The summed E-state index contributed by atoms with van der Waals surface area (Å²) in [4.78, 5) is 0. The van der Waals surface area contributed by atoms with E-state index in [1.54, 1.807) is 0 Å². The van der Waals surface area contributed by atoms with Crippen molar-refractivity contribution in [3.05, 3.63) is 0 Å². The van der Waals surface area contributed by atoms with E-state index in [9.17, 15) is 0 Å². The molecule has 57 heavy (non-hydrogen) atoms. The normalized spacial score (nSPS) is 13.3. The lowest BCUT2D eigenvalue weighted by Gasteiger charge is -2.42. The minimum atomic E-state index is -4.61. The summed E-state index contributed by atoms with van der Waals surface area (Å²) in [6, 6.07) is 0. The lowest BCUT2D eigenvalue weighted by atomic mass is 10.5. The monoisotopic (exact) mass is 912 g/mol. The number of hydrogen-bond donors (Lipinski definition) is 0. The Morgan fingerprint density at radius 3 is 0.404 bits per heavy atom. The number of hydrogen-bond acceptors (Lipinski definition) is 16. The molecular formula is C36H84O16Si5. The van der Waals surface area contributed by atoms with Crippen LogP contribution in [-0.4, -0.2) is 125 Å². The zero-order chi connectivity index (χ0) is 42.8. The van der Waals surface area contributed by atoms with Crippen LogP contribution in [0.1, 0.15) is 160 Å². The summed E-state index contributed by atoms with van der Waals surface area (Å²) in [5.41, 5.74) is 0. The average molecular weight is 913 g/mol. The van der Waals surface area contributed by atoms with Gasteiger partial charge in [-0.2, -0.15) is 0 Å². The van der Waals surface area contributed by atoms with E-state index < -0.39 is 45.2 Å². The minimum Gasteiger partial charge on any atom is -0.352 e. The van der Waals surface area contributed by atoms with Crippen molar-refractivity contribution in [1.82, 2.24) is 0 Å². The second-order valence-corrected chi connectivity index (χ2v) is 24.8. The Hall–Kier alpha value is 0.444. The van der Waals surface area contributed by atoms with Crippen LogP contribution in [0.4, 0.5) is 0 Å². The van der Waals surface area contributed by atoms with Crippen LogP contribution < -0.4 is 0 Å². The molecule has 0 bridgehead atoms. The molecule has 0 aromatic heterocycles. The molecule has 0 rings (SSSR count). The smallest absolute Gasteiger partial charge is 0.352 e. The second kappa shape index (κ2) is 35.0. The van der Waals surface area contributed by atoms with Gasteiger partial charge in [0.05, 0.1) is 0 Å². The van der Waals surface area contributed by atoms with Crippen LogP contribution in [-0.2, 0) is 69.6 Å². The van der Waals surface area contributed by atoms with Crippen LogP contribution in [0.2, 0.25) is 0 Å². The first kappa shape index (κ1) is 57.4. The second-order valence-electron chi connectivity index (χ2n) is 13.1. The molecule has 0 saturated carbocycles. The summed E-state index contributed by atoms with van der Waals surface area (Å²) in [6.45, 7) is 26.9. The van der Waals surface area contributed by atoms with E-state index in [1.165, 1.54) is 0 Å². The van der Waals surface area contributed by atoms with E-state index in [0.29, 0.717) is 117 Å². The molecule has 0 N–H and O–H groups in total.